The average Bonchev–Trinajstić information content (AvgIpc) is 2.67. The van der Waals surface area contributed by atoms with Gasteiger partial charge in [0.25, 0.3) is 0 Å². The maximum Gasteiger partial charge on any atom is 0.573 e. The lowest BCUT2D eigenvalue weighted by Gasteiger charge is -2.42. The number of para-hydroxylation sites is 1. The van der Waals surface area contributed by atoms with Crippen molar-refractivity contribution in [3.05, 3.63) is 59.7 Å². The van der Waals surface area contributed by atoms with Crippen LogP contribution in [-0.4, -0.2) is 23.7 Å². The fraction of sp³-hybridized carbons (Fsp3) is 0.381. The van der Waals surface area contributed by atoms with E-state index in [4.69, 9.17) is 4.99 Å². The quantitative estimate of drug-likeness (QED) is 0.714. The Labute approximate surface area is 166 Å². The van der Waals surface area contributed by atoms with Gasteiger partial charge < -0.3 is 10.1 Å². The SMILES string of the molecule is FC(F)(F)Oc1ccc(CN=C2Nc3ccccc3CC23CCSCC3)cc1. The van der Waals surface area contributed by atoms with Crippen LogP contribution in [-0.2, 0) is 13.0 Å². The average molecular weight is 406 g/mol. The number of rotatable bonds is 3. The van der Waals surface area contributed by atoms with Gasteiger partial charge in [-0.05, 0) is 60.1 Å². The van der Waals surface area contributed by atoms with E-state index < -0.39 is 6.36 Å². The molecule has 2 aromatic carbocycles. The van der Waals surface area contributed by atoms with E-state index in [-0.39, 0.29) is 11.2 Å². The second kappa shape index (κ2) is 7.70. The third kappa shape index (κ3) is 4.29. The molecule has 4 rings (SSSR count). The number of halogens is 3. The number of anilines is 1. The Bertz CT molecular complexity index is 859. The first kappa shape index (κ1) is 19.2. The van der Waals surface area contributed by atoms with E-state index in [1.807, 2.05) is 17.8 Å². The maximum atomic E-state index is 12.3. The third-order valence-corrected chi connectivity index (χ3v) is 6.31. The molecule has 3 nitrogen and oxygen atoms in total. The lowest BCUT2D eigenvalue weighted by Crippen LogP contribution is -2.44. The van der Waals surface area contributed by atoms with E-state index >= 15 is 0 Å². The van der Waals surface area contributed by atoms with Crippen molar-refractivity contribution in [2.75, 3.05) is 16.8 Å². The molecule has 1 N–H and O–H groups in total. The van der Waals surface area contributed by atoms with Crippen LogP contribution in [0.5, 0.6) is 5.75 Å². The van der Waals surface area contributed by atoms with Gasteiger partial charge in [0.2, 0.25) is 0 Å². The number of benzene rings is 2. The Kier molecular flexibility index (Phi) is 5.27. The van der Waals surface area contributed by atoms with Gasteiger partial charge in [0.15, 0.2) is 0 Å². The summed E-state index contributed by atoms with van der Waals surface area (Å²) in [4.78, 5) is 4.87. The minimum absolute atomic E-state index is 0.0267. The predicted octanol–water partition coefficient (Wildman–Crippen LogP) is 5.67. The molecule has 1 fully saturated rings. The molecule has 0 saturated carbocycles. The number of ether oxygens (including phenoxy) is 1. The molecule has 1 saturated heterocycles. The number of hydrogen-bond donors (Lipinski definition) is 1. The lowest BCUT2D eigenvalue weighted by molar-refractivity contribution is -0.274. The van der Waals surface area contributed by atoms with E-state index in [0.29, 0.717) is 6.54 Å². The first-order valence-electron chi connectivity index (χ1n) is 9.26. The number of nitrogens with one attached hydrogen (secondary N) is 1. The van der Waals surface area contributed by atoms with Gasteiger partial charge in [-0.3, -0.25) is 4.99 Å². The summed E-state index contributed by atoms with van der Waals surface area (Å²) in [5.74, 6) is 3.02. The second-order valence-corrected chi connectivity index (χ2v) is 8.43. The molecule has 0 bridgehead atoms. The van der Waals surface area contributed by atoms with Crippen LogP contribution in [0.25, 0.3) is 0 Å². The van der Waals surface area contributed by atoms with E-state index in [2.05, 4.69) is 28.3 Å². The van der Waals surface area contributed by atoms with Crippen molar-refractivity contribution in [1.29, 1.82) is 0 Å². The number of aliphatic imine (C=N–C) groups is 1. The number of hydrogen-bond acceptors (Lipinski definition) is 3. The highest BCUT2D eigenvalue weighted by Crippen LogP contribution is 2.44. The zero-order valence-corrected chi connectivity index (χ0v) is 16.1. The highest BCUT2D eigenvalue weighted by Gasteiger charge is 2.41. The maximum absolute atomic E-state index is 12.3. The van der Waals surface area contributed by atoms with Gasteiger partial charge in [-0.1, -0.05) is 30.3 Å². The zero-order valence-electron chi connectivity index (χ0n) is 15.3. The highest BCUT2D eigenvalue weighted by molar-refractivity contribution is 7.99. The summed E-state index contributed by atoms with van der Waals surface area (Å²) < 4.78 is 40.8. The first-order chi connectivity index (χ1) is 13.4. The van der Waals surface area contributed by atoms with Crippen molar-refractivity contribution in [1.82, 2.24) is 0 Å². The minimum Gasteiger partial charge on any atom is -0.406 e. The van der Waals surface area contributed by atoms with Crippen LogP contribution in [0.1, 0.15) is 24.0 Å². The van der Waals surface area contributed by atoms with Gasteiger partial charge in [-0.25, -0.2) is 0 Å². The largest absolute Gasteiger partial charge is 0.573 e. The van der Waals surface area contributed by atoms with Gasteiger partial charge in [0.1, 0.15) is 11.6 Å². The van der Waals surface area contributed by atoms with Crippen molar-refractivity contribution in [3.8, 4) is 5.75 Å². The molecule has 2 heterocycles. The Hall–Kier alpha value is -2.15. The van der Waals surface area contributed by atoms with E-state index in [1.54, 1.807) is 12.1 Å². The molecule has 2 aliphatic rings. The molecule has 0 amide bonds. The van der Waals surface area contributed by atoms with E-state index in [1.165, 1.54) is 17.7 Å². The van der Waals surface area contributed by atoms with Crippen molar-refractivity contribution >= 4 is 23.3 Å². The summed E-state index contributed by atoms with van der Waals surface area (Å²) in [5, 5.41) is 3.54. The van der Waals surface area contributed by atoms with Crippen molar-refractivity contribution in [2.24, 2.45) is 10.4 Å². The van der Waals surface area contributed by atoms with Crippen LogP contribution >= 0.6 is 11.8 Å². The number of amidine groups is 1. The molecule has 0 aromatic heterocycles. The summed E-state index contributed by atoms with van der Waals surface area (Å²) in [7, 11) is 0. The minimum atomic E-state index is -4.67. The van der Waals surface area contributed by atoms with Gasteiger partial charge in [-0.2, -0.15) is 11.8 Å². The lowest BCUT2D eigenvalue weighted by atomic mass is 9.73. The molecule has 1 spiro atoms. The van der Waals surface area contributed by atoms with Crippen LogP contribution in [0.15, 0.2) is 53.5 Å². The molecular weight excluding hydrogens is 385 g/mol. The monoisotopic (exact) mass is 406 g/mol. The van der Waals surface area contributed by atoms with Crippen LogP contribution in [0.2, 0.25) is 0 Å². The van der Waals surface area contributed by atoms with Gasteiger partial charge in [-0.15, -0.1) is 13.2 Å². The number of nitrogens with zero attached hydrogens (tertiary/aromatic N) is 1. The van der Waals surface area contributed by atoms with Crippen molar-refractivity contribution in [2.45, 2.75) is 32.2 Å². The Morgan fingerprint density at radius 3 is 2.46 bits per heavy atom. The normalized spacial score (nSPS) is 19.9. The Balaban J connectivity index is 1.55. The van der Waals surface area contributed by atoms with Gasteiger partial charge in [0, 0.05) is 11.1 Å². The topological polar surface area (TPSA) is 33.6 Å². The molecule has 148 valence electrons. The van der Waals surface area contributed by atoms with Crippen LogP contribution < -0.4 is 10.1 Å². The molecular formula is C21H21F3N2OS. The second-order valence-electron chi connectivity index (χ2n) is 7.21. The van der Waals surface area contributed by atoms with Crippen molar-refractivity contribution in [3.63, 3.8) is 0 Å². The highest BCUT2D eigenvalue weighted by atomic mass is 32.2. The van der Waals surface area contributed by atoms with E-state index in [9.17, 15) is 13.2 Å². The number of alkyl halides is 3. The molecule has 0 unspecified atom stereocenters. The summed E-state index contributed by atoms with van der Waals surface area (Å²) >= 11 is 1.98. The Morgan fingerprint density at radius 1 is 1.04 bits per heavy atom. The predicted molar refractivity (Wildman–Crippen MR) is 107 cm³/mol. The van der Waals surface area contributed by atoms with Gasteiger partial charge in [0.05, 0.1) is 6.54 Å². The Morgan fingerprint density at radius 2 is 1.75 bits per heavy atom. The summed E-state index contributed by atoms with van der Waals surface area (Å²) in [6, 6.07) is 14.2. The molecule has 2 aliphatic heterocycles. The van der Waals surface area contributed by atoms with Gasteiger partial charge >= 0.3 is 6.36 Å². The van der Waals surface area contributed by atoms with E-state index in [0.717, 1.165) is 47.9 Å². The van der Waals surface area contributed by atoms with Crippen LogP contribution in [0.3, 0.4) is 0 Å². The molecule has 28 heavy (non-hydrogen) atoms. The third-order valence-electron chi connectivity index (χ3n) is 5.33. The molecule has 0 radical (unpaired) electrons. The molecule has 0 aliphatic carbocycles. The number of thioether (sulfide) groups is 1. The molecule has 2 aromatic rings. The fourth-order valence-electron chi connectivity index (χ4n) is 3.85. The standard InChI is InChI=1S/C21H21F3N2OS/c22-21(23,24)27-17-7-5-15(6-8-17)14-25-19-20(9-11-28-12-10-20)13-16-3-1-2-4-18(16)26-19/h1-8H,9-14H2,(H,25,26). The first-order valence-corrected chi connectivity index (χ1v) is 10.4. The van der Waals surface area contributed by atoms with Crippen LogP contribution in [0.4, 0.5) is 18.9 Å². The smallest absolute Gasteiger partial charge is 0.406 e. The molecule has 7 heteroatoms. The number of fused-ring (bicyclic) bond motifs is 1. The fourth-order valence-corrected chi connectivity index (χ4v) is 5.13. The molecule has 0 atom stereocenters. The van der Waals surface area contributed by atoms with Crippen molar-refractivity contribution < 1.29 is 17.9 Å². The zero-order chi connectivity index (χ0) is 19.6. The summed E-state index contributed by atoms with van der Waals surface area (Å²) in [6.45, 7) is 0.422. The summed E-state index contributed by atoms with van der Waals surface area (Å²) in [5.41, 5.74) is 3.29. The summed E-state index contributed by atoms with van der Waals surface area (Å²) in [6.07, 6.45) is -1.53. The van der Waals surface area contributed by atoms with Crippen LogP contribution in [0, 0.1) is 5.41 Å².